The van der Waals surface area contributed by atoms with E-state index in [1.165, 1.54) is 6.07 Å². The molecule has 0 amide bonds. The molecule has 0 spiro atoms. The van der Waals surface area contributed by atoms with E-state index in [4.69, 9.17) is 0 Å². The fourth-order valence-electron chi connectivity index (χ4n) is 1.65. The Morgan fingerprint density at radius 3 is 2.68 bits per heavy atom. The molecule has 1 aromatic carbocycles. The maximum Gasteiger partial charge on any atom is 0.147 e. The first-order chi connectivity index (χ1) is 8.79. The summed E-state index contributed by atoms with van der Waals surface area (Å²) in [6.07, 6.45) is 1.69. The van der Waals surface area contributed by atoms with Crippen LogP contribution in [0.3, 0.4) is 0 Å². The molecule has 0 aliphatic carbocycles. The fraction of sp³-hybridized carbons (Fsp3) is 0.357. The predicted molar refractivity (Wildman–Crippen MR) is 78.4 cm³/mol. The summed E-state index contributed by atoms with van der Waals surface area (Å²) in [6, 6.07) is 5.06. The number of fused-ring (bicyclic) bond motifs is 1. The molecule has 0 aliphatic rings. The topological polar surface area (TPSA) is 45.2 Å². The van der Waals surface area contributed by atoms with Crippen molar-refractivity contribution >= 4 is 27.6 Å². The van der Waals surface area contributed by atoms with Crippen LogP contribution in [-0.4, -0.2) is 19.7 Å². The van der Waals surface area contributed by atoms with Crippen LogP contribution >= 0.6 is 0 Å². The van der Waals surface area contributed by atoms with Crippen molar-refractivity contribution in [2.24, 2.45) is 4.40 Å². The van der Waals surface area contributed by atoms with Crippen LogP contribution in [0.4, 0.5) is 4.39 Å². The first kappa shape index (κ1) is 13.9. The molecule has 1 N–H and O–H groups in total. The minimum absolute atomic E-state index is 0.325. The number of H-pyrrole nitrogens is 1. The highest BCUT2D eigenvalue weighted by molar-refractivity contribution is 7.85. The lowest BCUT2D eigenvalue weighted by molar-refractivity contribution is 0.637. The Balaban J connectivity index is 2.44. The highest BCUT2D eigenvalue weighted by atomic mass is 32.2. The maximum absolute atomic E-state index is 13.8. The van der Waals surface area contributed by atoms with Gasteiger partial charge in [-0.3, -0.25) is 0 Å². The van der Waals surface area contributed by atoms with Gasteiger partial charge in [0.05, 0.1) is 16.0 Å². The Morgan fingerprint density at radius 2 is 2.05 bits per heavy atom. The zero-order valence-electron chi connectivity index (χ0n) is 11.5. The number of aromatic nitrogens is 1. The van der Waals surface area contributed by atoms with Crippen molar-refractivity contribution in [3.8, 4) is 0 Å². The van der Waals surface area contributed by atoms with Gasteiger partial charge in [-0.05, 0) is 45.9 Å². The van der Waals surface area contributed by atoms with Gasteiger partial charge in [-0.1, -0.05) is 0 Å². The van der Waals surface area contributed by atoms with Crippen molar-refractivity contribution in [1.29, 1.82) is 0 Å². The maximum atomic E-state index is 13.8. The summed E-state index contributed by atoms with van der Waals surface area (Å²) in [7, 11) is -1.34. The first-order valence-corrected chi connectivity index (χ1v) is 7.14. The molecule has 5 heteroatoms. The SMILES string of the molecule is C/C(=N\[S@@](=O)C(C)(C)C)c1cc(F)c2[nH]ccc2c1. The monoisotopic (exact) mass is 280 g/mol. The third-order valence-corrected chi connectivity index (χ3v) is 4.26. The van der Waals surface area contributed by atoms with E-state index < -0.39 is 15.7 Å². The van der Waals surface area contributed by atoms with Crippen LogP contribution in [0.25, 0.3) is 10.9 Å². The number of halogens is 1. The van der Waals surface area contributed by atoms with Crippen LogP contribution in [0.2, 0.25) is 0 Å². The Kier molecular flexibility index (Phi) is 3.58. The van der Waals surface area contributed by atoms with Gasteiger partial charge in [-0.2, -0.15) is 4.40 Å². The molecule has 0 bridgehead atoms. The highest BCUT2D eigenvalue weighted by Crippen LogP contribution is 2.20. The molecule has 0 unspecified atom stereocenters. The van der Waals surface area contributed by atoms with Gasteiger partial charge in [0.2, 0.25) is 0 Å². The zero-order valence-corrected chi connectivity index (χ0v) is 12.3. The van der Waals surface area contributed by atoms with E-state index >= 15 is 0 Å². The van der Waals surface area contributed by atoms with Gasteiger partial charge in [0.1, 0.15) is 16.8 Å². The average molecular weight is 280 g/mol. The Bertz CT molecular complexity index is 668. The van der Waals surface area contributed by atoms with E-state index in [-0.39, 0.29) is 5.82 Å². The molecule has 3 nitrogen and oxygen atoms in total. The number of nitrogens with one attached hydrogen (secondary N) is 1. The predicted octanol–water partition coefficient (Wildman–Crippen LogP) is 3.58. The van der Waals surface area contributed by atoms with Crippen molar-refractivity contribution in [1.82, 2.24) is 4.98 Å². The number of hydrogen-bond acceptors (Lipinski definition) is 1. The standard InChI is InChI=1S/C14H17FN2OS/c1-9(17-19(18)14(2,3)4)11-7-10-5-6-16-13(10)12(15)8-11/h5-8,16H,1-4H3/b17-9+/t19-/m0/s1. The van der Waals surface area contributed by atoms with Crippen LogP contribution in [-0.2, 0) is 11.0 Å². The Morgan fingerprint density at radius 1 is 1.37 bits per heavy atom. The summed E-state index contributed by atoms with van der Waals surface area (Å²) in [5, 5.41) is 0.783. The lowest BCUT2D eigenvalue weighted by atomic mass is 10.1. The molecule has 2 aromatic rings. The van der Waals surface area contributed by atoms with Crippen LogP contribution in [0.5, 0.6) is 0 Å². The van der Waals surface area contributed by atoms with E-state index in [9.17, 15) is 8.60 Å². The average Bonchev–Trinajstić information content (AvgIpc) is 2.76. The zero-order chi connectivity index (χ0) is 14.2. The molecule has 2 rings (SSSR count). The number of benzene rings is 1. The quantitative estimate of drug-likeness (QED) is 0.840. The number of nitrogens with zero attached hydrogens (tertiary/aromatic N) is 1. The molecule has 0 aliphatic heterocycles. The smallest absolute Gasteiger partial charge is 0.147 e. The largest absolute Gasteiger partial charge is 0.359 e. The van der Waals surface area contributed by atoms with E-state index in [1.807, 2.05) is 26.8 Å². The number of hydrogen-bond donors (Lipinski definition) is 1. The lowest BCUT2D eigenvalue weighted by Gasteiger charge is -2.14. The molecule has 0 fully saturated rings. The third kappa shape index (κ3) is 2.92. The third-order valence-electron chi connectivity index (χ3n) is 2.77. The summed E-state index contributed by atoms with van der Waals surface area (Å²) < 4.78 is 29.6. The van der Waals surface area contributed by atoms with Crippen LogP contribution in [0.15, 0.2) is 28.8 Å². The van der Waals surface area contributed by atoms with Gasteiger partial charge >= 0.3 is 0 Å². The van der Waals surface area contributed by atoms with Gasteiger partial charge in [0, 0.05) is 17.1 Å². The van der Waals surface area contributed by atoms with Crippen molar-refractivity contribution in [2.75, 3.05) is 0 Å². The van der Waals surface area contributed by atoms with E-state index in [0.29, 0.717) is 16.8 Å². The van der Waals surface area contributed by atoms with Gasteiger partial charge in [0.25, 0.3) is 0 Å². The van der Waals surface area contributed by atoms with Gasteiger partial charge in [-0.15, -0.1) is 0 Å². The summed E-state index contributed by atoms with van der Waals surface area (Å²) in [5.41, 5.74) is 1.71. The molecule has 0 saturated heterocycles. The normalized spacial score (nSPS) is 14.9. The van der Waals surface area contributed by atoms with Crippen molar-refractivity contribution in [3.63, 3.8) is 0 Å². The second kappa shape index (κ2) is 4.89. The van der Waals surface area contributed by atoms with Crippen LogP contribution in [0.1, 0.15) is 33.3 Å². The second-order valence-corrected chi connectivity index (χ2v) is 7.34. The molecular formula is C14H17FN2OS. The van der Waals surface area contributed by atoms with E-state index in [2.05, 4.69) is 9.38 Å². The van der Waals surface area contributed by atoms with Crippen LogP contribution in [0, 0.1) is 5.82 Å². The van der Waals surface area contributed by atoms with Gasteiger partial charge in [-0.25, -0.2) is 8.60 Å². The van der Waals surface area contributed by atoms with Crippen molar-refractivity contribution in [3.05, 3.63) is 35.8 Å². The minimum atomic E-state index is -1.34. The van der Waals surface area contributed by atoms with Gasteiger partial charge in [0.15, 0.2) is 0 Å². The van der Waals surface area contributed by atoms with Crippen molar-refractivity contribution in [2.45, 2.75) is 32.4 Å². The number of aromatic amines is 1. The molecule has 1 aromatic heterocycles. The van der Waals surface area contributed by atoms with E-state index in [1.54, 1.807) is 19.2 Å². The molecule has 0 saturated carbocycles. The van der Waals surface area contributed by atoms with Gasteiger partial charge < -0.3 is 4.98 Å². The summed E-state index contributed by atoms with van der Waals surface area (Å²) >= 11 is 0. The summed E-state index contributed by atoms with van der Waals surface area (Å²) in [4.78, 5) is 2.84. The summed E-state index contributed by atoms with van der Waals surface area (Å²) in [6.45, 7) is 7.32. The lowest BCUT2D eigenvalue weighted by Crippen LogP contribution is -2.20. The molecule has 19 heavy (non-hydrogen) atoms. The summed E-state index contributed by atoms with van der Waals surface area (Å²) in [5.74, 6) is -0.325. The molecule has 1 heterocycles. The molecule has 0 radical (unpaired) electrons. The van der Waals surface area contributed by atoms with Crippen molar-refractivity contribution < 1.29 is 8.60 Å². The molecule has 1 atom stereocenters. The Hall–Kier alpha value is -1.49. The first-order valence-electron chi connectivity index (χ1n) is 6.03. The van der Waals surface area contributed by atoms with Crippen LogP contribution < -0.4 is 0 Å². The number of rotatable bonds is 2. The van der Waals surface area contributed by atoms with E-state index in [0.717, 1.165) is 5.39 Å². The second-order valence-electron chi connectivity index (χ2n) is 5.44. The Labute approximate surface area is 114 Å². The molecule has 102 valence electrons. The highest BCUT2D eigenvalue weighted by Gasteiger charge is 2.19. The minimum Gasteiger partial charge on any atom is -0.359 e. The fourth-order valence-corrected chi connectivity index (χ4v) is 2.28. The molecular weight excluding hydrogens is 263 g/mol.